The smallest absolute Gasteiger partial charge is 0.337 e. The fourth-order valence-electron chi connectivity index (χ4n) is 4.69. The minimum absolute atomic E-state index is 0.0975. The Hall–Kier alpha value is -3.65. The van der Waals surface area contributed by atoms with Gasteiger partial charge in [-0.15, -0.1) is 0 Å². The maximum Gasteiger partial charge on any atom is 0.337 e. The summed E-state index contributed by atoms with van der Waals surface area (Å²) in [7, 11) is 1.54. The first kappa shape index (κ1) is 21.2. The zero-order valence-electron chi connectivity index (χ0n) is 18.1. The number of aromatic nitrogens is 1. The Balaban J connectivity index is 1.67. The number of carbonyl (C=O) groups excluding carboxylic acids is 1. The van der Waals surface area contributed by atoms with E-state index in [0.29, 0.717) is 67.5 Å². The first-order chi connectivity index (χ1) is 16.0. The van der Waals surface area contributed by atoms with Crippen molar-refractivity contribution in [3.05, 3.63) is 65.0 Å². The number of aromatic carboxylic acids is 1. The van der Waals surface area contributed by atoms with Gasteiger partial charge in [0.15, 0.2) is 0 Å². The summed E-state index contributed by atoms with van der Waals surface area (Å²) in [6.07, 6.45) is 0.626. The molecule has 1 saturated heterocycles. The lowest BCUT2D eigenvalue weighted by atomic mass is 9.94. The van der Waals surface area contributed by atoms with Crippen LogP contribution in [0.3, 0.4) is 0 Å². The van der Waals surface area contributed by atoms with Crippen LogP contribution in [0.4, 0.5) is 4.39 Å². The monoisotopic (exact) mass is 450 g/mol. The number of fused-ring (bicyclic) bond motifs is 3. The van der Waals surface area contributed by atoms with Crippen molar-refractivity contribution in [3.63, 3.8) is 0 Å². The summed E-state index contributed by atoms with van der Waals surface area (Å²) < 4.78 is 26.7. The maximum absolute atomic E-state index is 13.9. The number of carboxylic acids is 1. The van der Waals surface area contributed by atoms with Gasteiger partial charge < -0.3 is 24.0 Å². The van der Waals surface area contributed by atoms with Gasteiger partial charge in [0.2, 0.25) is 0 Å². The summed E-state index contributed by atoms with van der Waals surface area (Å²) in [5.74, 6) is -1.17. The third-order valence-corrected chi connectivity index (χ3v) is 6.26. The van der Waals surface area contributed by atoms with E-state index in [0.717, 1.165) is 11.1 Å². The maximum atomic E-state index is 13.9. The highest BCUT2D eigenvalue weighted by Crippen LogP contribution is 2.40. The van der Waals surface area contributed by atoms with E-state index < -0.39 is 11.8 Å². The minimum atomic E-state index is -1.09. The number of amides is 1. The summed E-state index contributed by atoms with van der Waals surface area (Å²) >= 11 is 0. The Labute approximate surface area is 190 Å². The molecule has 0 saturated carbocycles. The van der Waals surface area contributed by atoms with Crippen molar-refractivity contribution in [1.29, 1.82) is 0 Å². The van der Waals surface area contributed by atoms with E-state index in [9.17, 15) is 19.1 Å². The van der Waals surface area contributed by atoms with E-state index in [1.54, 1.807) is 29.2 Å². The average molecular weight is 450 g/mol. The van der Waals surface area contributed by atoms with Crippen molar-refractivity contribution in [2.45, 2.75) is 13.0 Å². The van der Waals surface area contributed by atoms with Crippen LogP contribution >= 0.6 is 0 Å². The molecule has 2 aliphatic heterocycles. The number of aryl methyl sites for hydroxylation is 1. The molecule has 0 radical (unpaired) electrons. The molecule has 1 aromatic heterocycles. The Morgan fingerprint density at radius 3 is 2.55 bits per heavy atom. The van der Waals surface area contributed by atoms with E-state index >= 15 is 0 Å². The van der Waals surface area contributed by atoms with Gasteiger partial charge >= 0.3 is 5.97 Å². The van der Waals surface area contributed by atoms with Gasteiger partial charge in [0, 0.05) is 36.5 Å². The molecule has 3 aromatic rings. The Morgan fingerprint density at radius 2 is 1.85 bits per heavy atom. The van der Waals surface area contributed by atoms with Crippen LogP contribution in [0.15, 0.2) is 42.5 Å². The summed E-state index contributed by atoms with van der Waals surface area (Å²) in [6, 6.07) is 11.2. The van der Waals surface area contributed by atoms with Gasteiger partial charge in [-0.3, -0.25) is 4.79 Å². The molecule has 1 amide bonds. The van der Waals surface area contributed by atoms with E-state index in [2.05, 4.69) is 0 Å². The molecule has 2 aromatic carbocycles. The predicted octanol–water partition coefficient (Wildman–Crippen LogP) is 3.70. The second kappa shape index (κ2) is 8.37. The van der Waals surface area contributed by atoms with E-state index in [1.165, 1.54) is 19.2 Å². The molecule has 0 spiro atoms. The topological polar surface area (TPSA) is 81.0 Å². The average Bonchev–Trinajstić information content (AvgIpc) is 3.24. The molecular formula is C25H23FN2O5. The zero-order chi connectivity index (χ0) is 23.1. The zero-order valence-corrected chi connectivity index (χ0v) is 18.1. The molecule has 1 N–H and O–H groups in total. The number of morpholine rings is 1. The number of rotatable bonds is 4. The van der Waals surface area contributed by atoms with Crippen molar-refractivity contribution < 1.29 is 28.6 Å². The number of hydrogen-bond acceptors (Lipinski definition) is 4. The van der Waals surface area contributed by atoms with Crippen molar-refractivity contribution >= 4 is 11.9 Å². The van der Waals surface area contributed by atoms with Crippen molar-refractivity contribution in [2.75, 3.05) is 33.4 Å². The fraction of sp³-hybridized carbons (Fsp3) is 0.280. The molecule has 0 atom stereocenters. The summed E-state index contributed by atoms with van der Waals surface area (Å²) in [5, 5.41) is 9.89. The van der Waals surface area contributed by atoms with E-state index in [-0.39, 0.29) is 11.5 Å². The highest BCUT2D eigenvalue weighted by molar-refractivity contribution is 6.01. The first-order valence-electron chi connectivity index (χ1n) is 10.8. The second-order valence-electron chi connectivity index (χ2n) is 8.12. The third-order valence-electron chi connectivity index (χ3n) is 6.26. The molecule has 2 aliphatic rings. The Bertz CT molecular complexity index is 1260. The van der Waals surface area contributed by atoms with Gasteiger partial charge in [0.05, 0.1) is 37.1 Å². The summed E-state index contributed by atoms with van der Waals surface area (Å²) in [6.45, 7) is 2.51. The SMILES string of the molecule is COc1cc2c(cc1C(=O)N1CCOCC1)-c1cc(C(=O)O)c(-c3cccc(F)c3)n1CC2. The standard InChI is InChI=1S/C25H23FN2O5/c1-32-22-12-15-5-6-28-21(18(15)13-19(22)24(29)27-7-9-33-10-8-27)14-20(25(30)31)23(28)16-3-2-4-17(26)11-16/h2-4,11-14H,5-10H2,1H3,(H,30,31). The van der Waals surface area contributed by atoms with Gasteiger partial charge in [-0.1, -0.05) is 12.1 Å². The lowest BCUT2D eigenvalue weighted by Gasteiger charge is -2.28. The van der Waals surface area contributed by atoms with Crippen LogP contribution in [0.2, 0.25) is 0 Å². The molecule has 7 nitrogen and oxygen atoms in total. The lowest BCUT2D eigenvalue weighted by molar-refractivity contribution is 0.0301. The van der Waals surface area contributed by atoms with Gasteiger partial charge in [-0.2, -0.15) is 0 Å². The molecule has 0 aliphatic carbocycles. The number of benzene rings is 2. The van der Waals surface area contributed by atoms with E-state index in [4.69, 9.17) is 9.47 Å². The Morgan fingerprint density at radius 1 is 1.06 bits per heavy atom. The summed E-state index contributed by atoms with van der Waals surface area (Å²) in [5.41, 5.74) is 3.92. The van der Waals surface area contributed by atoms with Crippen LogP contribution in [0.25, 0.3) is 22.5 Å². The van der Waals surface area contributed by atoms with Crippen molar-refractivity contribution in [3.8, 4) is 28.3 Å². The highest BCUT2D eigenvalue weighted by atomic mass is 19.1. The van der Waals surface area contributed by atoms with E-state index in [1.807, 2.05) is 10.6 Å². The highest BCUT2D eigenvalue weighted by Gasteiger charge is 2.29. The Kier molecular flexibility index (Phi) is 5.38. The van der Waals surface area contributed by atoms with Crippen LogP contribution in [-0.2, 0) is 17.7 Å². The first-order valence-corrected chi connectivity index (χ1v) is 10.8. The van der Waals surface area contributed by atoms with Crippen molar-refractivity contribution in [1.82, 2.24) is 9.47 Å². The molecule has 1 fully saturated rings. The fourth-order valence-corrected chi connectivity index (χ4v) is 4.69. The van der Waals surface area contributed by atoms with Gasteiger partial charge in [0.1, 0.15) is 11.6 Å². The normalized spacial score (nSPS) is 15.0. The molecule has 8 heteroatoms. The second-order valence-corrected chi connectivity index (χ2v) is 8.12. The summed E-state index contributed by atoms with van der Waals surface area (Å²) in [4.78, 5) is 27.1. The molecule has 170 valence electrons. The van der Waals surface area contributed by atoms with Crippen LogP contribution < -0.4 is 4.74 Å². The van der Waals surface area contributed by atoms with Crippen LogP contribution in [0, 0.1) is 5.82 Å². The van der Waals surface area contributed by atoms with Crippen LogP contribution in [0.1, 0.15) is 26.3 Å². The van der Waals surface area contributed by atoms with Crippen molar-refractivity contribution in [2.24, 2.45) is 0 Å². The number of halogens is 1. The number of carbonyl (C=O) groups is 2. The van der Waals surface area contributed by atoms with Gasteiger partial charge in [0.25, 0.3) is 5.91 Å². The predicted molar refractivity (Wildman–Crippen MR) is 119 cm³/mol. The molecule has 3 heterocycles. The number of ether oxygens (including phenoxy) is 2. The lowest BCUT2D eigenvalue weighted by Crippen LogP contribution is -2.40. The largest absolute Gasteiger partial charge is 0.496 e. The number of nitrogens with zero attached hydrogens (tertiary/aromatic N) is 2. The van der Waals surface area contributed by atoms with Crippen LogP contribution in [-0.4, -0.2) is 59.9 Å². The van der Waals surface area contributed by atoms with Crippen LogP contribution in [0.5, 0.6) is 5.75 Å². The quantitative estimate of drug-likeness (QED) is 0.656. The molecule has 5 rings (SSSR count). The number of hydrogen-bond donors (Lipinski definition) is 1. The molecule has 0 bridgehead atoms. The number of carboxylic acid groups (broad SMARTS) is 1. The molecule has 33 heavy (non-hydrogen) atoms. The number of methoxy groups -OCH3 is 1. The van der Waals surface area contributed by atoms with Gasteiger partial charge in [-0.25, -0.2) is 9.18 Å². The molecule has 0 unspecified atom stereocenters. The minimum Gasteiger partial charge on any atom is -0.496 e. The third kappa shape index (κ3) is 3.66. The van der Waals surface area contributed by atoms with Gasteiger partial charge in [-0.05, 0) is 42.3 Å². The molecular weight excluding hydrogens is 427 g/mol.